The number of carbonyl (C=O) groups excluding carboxylic acids is 3. The van der Waals surface area contributed by atoms with Gasteiger partial charge in [-0.2, -0.15) is 0 Å². The molecule has 2 bridgehead atoms. The summed E-state index contributed by atoms with van der Waals surface area (Å²) >= 11 is 0. The summed E-state index contributed by atoms with van der Waals surface area (Å²) in [5.74, 6) is -0.239. The number of likely N-dealkylation sites (tertiary alicyclic amines) is 1. The van der Waals surface area contributed by atoms with Crippen molar-refractivity contribution in [1.82, 2.24) is 10.2 Å². The van der Waals surface area contributed by atoms with Crippen LogP contribution in [-0.4, -0.2) is 67.2 Å². The number of fused-ring (bicyclic) bond motifs is 1. The van der Waals surface area contributed by atoms with Crippen molar-refractivity contribution >= 4 is 23.4 Å². The first-order valence-electron chi connectivity index (χ1n) is 16.1. The maximum absolute atomic E-state index is 14.4. The maximum atomic E-state index is 14.4. The Kier molecular flexibility index (Phi) is 8.41. The zero-order chi connectivity index (χ0) is 32.0. The minimum atomic E-state index is -1.21. The molecule has 2 saturated heterocycles. The van der Waals surface area contributed by atoms with E-state index in [4.69, 9.17) is 14.2 Å². The van der Waals surface area contributed by atoms with Crippen molar-refractivity contribution in [2.24, 2.45) is 23.7 Å². The van der Waals surface area contributed by atoms with Crippen LogP contribution in [0.5, 0.6) is 11.5 Å². The molecule has 9 heteroatoms. The number of hydrogen-bond acceptors (Lipinski definition) is 6. The summed E-state index contributed by atoms with van der Waals surface area (Å²) in [5, 5.41) is 6.36. The molecule has 2 aromatic rings. The summed E-state index contributed by atoms with van der Waals surface area (Å²) in [6.07, 6.45) is 6.73. The molecule has 3 aliphatic heterocycles. The molecule has 0 aromatic heterocycles. The first-order valence-corrected chi connectivity index (χ1v) is 16.1. The summed E-state index contributed by atoms with van der Waals surface area (Å²) in [7, 11) is 3.17. The topological polar surface area (TPSA) is 106 Å². The van der Waals surface area contributed by atoms with Crippen LogP contribution in [0.25, 0.3) is 0 Å². The van der Waals surface area contributed by atoms with Gasteiger partial charge in [0.25, 0.3) is 0 Å². The molecule has 2 aromatic carbocycles. The lowest BCUT2D eigenvalue weighted by molar-refractivity contribution is -0.141. The van der Waals surface area contributed by atoms with Gasteiger partial charge in [0.05, 0.1) is 32.2 Å². The average molecular weight is 616 g/mol. The largest absolute Gasteiger partial charge is 0.493 e. The summed E-state index contributed by atoms with van der Waals surface area (Å²) in [6.45, 7) is 8.73. The van der Waals surface area contributed by atoms with E-state index in [-0.39, 0.29) is 30.3 Å². The highest BCUT2D eigenvalue weighted by atomic mass is 16.5. The van der Waals surface area contributed by atoms with E-state index in [9.17, 15) is 14.4 Å². The zero-order valence-electron chi connectivity index (χ0n) is 27.1. The number of benzene rings is 2. The number of anilines is 1. The number of nitrogens with zero attached hydrogens (tertiary/aromatic N) is 1. The molecule has 3 heterocycles. The Hall–Kier alpha value is -3.85. The van der Waals surface area contributed by atoms with Crippen molar-refractivity contribution in [3.05, 3.63) is 65.2 Å². The molecule has 1 spiro atoms. The second kappa shape index (κ2) is 12.2. The van der Waals surface area contributed by atoms with E-state index in [1.165, 1.54) is 0 Å². The lowest BCUT2D eigenvalue weighted by Gasteiger charge is -2.38. The second-order valence-electron chi connectivity index (χ2n) is 13.3. The minimum Gasteiger partial charge on any atom is -0.493 e. The molecule has 3 amide bonds. The molecular formula is C36H45N3O6. The minimum absolute atomic E-state index is 0.0194. The molecule has 6 rings (SSSR count). The Labute approximate surface area is 265 Å². The van der Waals surface area contributed by atoms with Crippen molar-refractivity contribution in [2.45, 2.75) is 77.2 Å². The molecule has 9 nitrogen and oxygen atoms in total. The van der Waals surface area contributed by atoms with Crippen LogP contribution in [0.15, 0.2) is 48.6 Å². The first-order chi connectivity index (χ1) is 21.6. The van der Waals surface area contributed by atoms with Crippen molar-refractivity contribution in [2.75, 3.05) is 26.1 Å². The molecule has 2 N–H and O–H groups in total. The Morgan fingerprint density at radius 1 is 1.00 bits per heavy atom. The average Bonchev–Trinajstić information content (AvgIpc) is 3.67. The molecule has 1 aliphatic carbocycles. The van der Waals surface area contributed by atoms with Crippen LogP contribution in [0.3, 0.4) is 0 Å². The molecule has 4 aliphatic rings. The quantitative estimate of drug-likeness (QED) is 0.400. The van der Waals surface area contributed by atoms with E-state index in [1.807, 2.05) is 62.4 Å². The van der Waals surface area contributed by atoms with Gasteiger partial charge in [-0.15, -0.1) is 0 Å². The molecule has 240 valence electrons. The third-order valence-electron chi connectivity index (χ3n) is 10.8. The van der Waals surface area contributed by atoms with Crippen molar-refractivity contribution < 1.29 is 28.6 Å². The molecule has 45 heavy (non-hydrogen) atoms. The Bertz CT molecular complexity index is 1520. The van der Waals surface area contributed by atoms with Crippen LogP contribution in [-0.2, 0) is 25.5 Å². The molecular weight excluding hydrogens is 570 g/mol. The molecule has 3 fully saturated rings. The fourth-order valence-corrected chi connectivity index (χ4v) is 7.89. The SMILES string of the molecule is COc1ccc(CCN2C(=O)C3C(C(=O)Nc4ccc(C)c(C)c4)C4C=CC3(O4)C2C(=O)NC2CCCC(C)C2C)cc1OC. The van der Waals surface area contributed by atoms with Gasteiger partial charge >= 0.3 is 0 Å². The lowest BCUT2D eigenvalue weighted by Crippen LogP contribution is -2.58. The van der Waals surface area contributed by atoms with Crippen LogP contribution in [0, 0.1) is 37.5 Å². The maximum Gasteiger partial charge on any atom is 0.246 e. The van der Waals surface area contributed by atoms with Gasteiger partial charge in [-0.3, -0.25) is 14.4 Å². The van der Waals surface area contributed by atoms with Gasteiger partial charge in [0.1, 0.15) is 11.6 Å². The second-order valence-corrected chi connectivity index (χ2v) is 13.3. The monoisotopic (exact) mass is 615 g/mol. The van der Waals surface area contributed by atoms with E-state index in [0.29, 0.717) is 35.4 Å². The molecule has 8 atom stereocenters. The smallest absolute Gasteiger partial charge is 0.246 e. The lowest BCUT2D eigenvalue weighted by atomic mass is 9.73. The predicted octanol–water partition coefficient (Wildman–Crippen LogP) is 4.59. The van der Waals surface area contributed by atoms with Gasteiger partial charge in [-0.1, -0.05) is 51.0 Å². The Balaban J connectivity index is 1.30. The summed E-state index contributed by atoms with van der Waals surface area (Å²) in [4.78, 5) is 44.2. The fourth-order valence-electron chi connectivity index (χ4n) is 7.89. The van der Waals surface area contributed by atoms with E-state index in [1.54, 1.807) is 19.1 Å². The van der Waals surface area contributed by atoms with Gasteiger partial charge in [0, 0.05) is 18.3 Å². The Morgan fingerprint density at radius 3 is 2.51 bits per heavy atom. The third kappa shape index (κ3) is 5.39. The molecule has 8 unspecified atom stereocenters. The summed E-state index contributed by atoms with van der Waals surface area (Å²) in [5.41, 5.74) is 2.60. The number of hydrogen-bond donors (Lipinski definition) is 2. The van der Waals surface area contributed by atoms with Gasteiger partial charge in [-0.25, -0.2) is 0 Å². The number of methoxy groups -OCH3 is 2. The van der Waals surface area contributed by atoms with Crippen LogP contribution < -0.4 is 20.1 Å². The zero-order valence-corrected chi connectivity index (χ0v) is 27.1. The van der Waals surface area contributed by atoms with Crippen molar-refractivity contribution in [3.8, 4) is 11.5 Å². The van der Waals surface area contributed by atoms with Crippen molar-refractivity contribution in [3.63, 3.8) is 0 Å². The third-order valence-corrected chi connectivity index (χ3v) is 10.8. The number of rotatable bonds is 9. The number of aryl methyl sites for hydroxylation is 2. The normalized spacial score (nSPS) is 31.6. The van der Waals surface area contributed by atoms with E-state index >= 15 is 0 Å². The summed E-state index contributed by atoms with van der Waals surface area (Å²) < 4.78 is 17.4. The summed E-state index contributed by atoms with van der Waals surface area (Å²) in [6, 6.07) is 10.6. The number of nitrogens with one attached hydrogen (secondary N) is 2. The molecule has 0 radical (unpaired) electrons. The van der Waals surface area contributed by atoms with Crippen LogP contribution in [0.1, 0.15) is 49.8 Å². The van der Waals surface area contributed by atoms with Gasteiger partial charge < -0.3 is 29.7 Å². The van der Waals surface area contributed by atoms with Crippen LogP contribution in [0.4, 0.5) is 5.69 Å². The van der Waals surface area contributed by atoms with Gasteiger partial charge in [0.15, 0.2) is 11.5 Å². The number of ether oxygens (including phenoxy) is 3. The van der Waals surface area contributed by atoms with Gasteiger partial charge in [-0.05, 0) is 79.5 Å². The number of carbonyl (C=O) groups is 3. The Morgan fingerprint density at radius 2 is 1.78 bits per heavy atom. The standard InChI is InChI=1S/C36H45N3O6/c1-20-10-12-25(18-22(20)3)37-33(40)30-28-14-16-36(45-28)31(30)35(42)39(17-15-24-11-13-27(43-5)29(19-24)44-6)32(36)34(41)38-26-9-7-8-21(2)23(26)4/h10-14,16,18-19,21,23,26,28,30-32H,7-9,15,17H2,1-6H3,(H,37,40)(H,38,41). The van der Waals surface area contributed by atoms with Crippen molar-refractivity contribution in [1.29, 1.82) is 0 Å². The van der Waals surface area contributed by atoms with E-state index in [0.717, 1.165) is 36.0 Å². The highest BCUT2D eigenvalue weighted by Crippen LogP contribution is 2.55. The van der Waals surface area contributed by atoms with E-state index < -0.39 is 29.6 Å². The van der Waals surface area contributed by atoms with Gasteiger partial charge in [0.2, 0.25) is 17.7 Å². The van der Waals surface area contributed by atoms with E-state index in [2.05, 4.69) is 24.5 Å². The van der Waals surface area contributed by atoms with Crippen LogP contribution in [0.2, 0.25) is 0 Å². The van der Waals surface area contributed by atoms with Crippen LogP contribution >= 0.6 is 0 Å². The first kappa shape index (κ1) is 31.1. The number of amides is 3. The fraction of sp³-hybridized carbons (Fsp3) is 0.528. The highest BCUT2D eigenvalue weighted by Gasteiger charge is 2.72. The molecule has 1 saturated carbocycles. The predicted molar refractivity (Wildman–Crippen MR) is 171 cm³/mol. The highest BCUT2D eigenvalue weighted by molar-refractivity contribution is 6.02.